The number of rotatable bonds is 5. The predicted octanol–water partition coefficient (Wildman–Crippen LogP) is 2.66. The topological polar surface area (TPSA) is 135 Å². The highest BCUT2D eigenvalue weighted by Gasteiger charge is 2.31. The van der Waals surface area contributed by atoms with E-state index in [1.54, 1.807) is 0 Å². The first-order valence-electron chi connectivity index (χ1n) is 8.60. The molecule has 142 valence electrons. The Bertz CT molecular complexity index is 905. The molecule has 7 nitrogen and oxygen atoms in total. The van der Waals surface area contributed by atoms with E-state index in [0.717, 1.165) is 0 Å². The van der Waals surface area contributed by atoms with Gasteiger partial charge in [0.1, 0.15) is 11.3 Å². The zero-order valence-electron chi connectivity index (χ0n) is 14.5. The van der Waals surface area contributed by atoms with Crippen LogP contribution in [0.4, 0.5) is 0 Å². The highest BCUT2D eigenvalue weighted by atomic mass is 16.4. The quantitative estimate of drug-likeness (QED) is 0.501. The van der Waals surface area contributed by atoms with E-state index < -0.39 is 17.7 Å². The van der Waals surface area contributed by atoms with Crippen molar-refractivity contribution < 1.29 is 35.1 Å². The summed E-state index contributed by atoms with van der Waals surface area (Å²) in [6, 6.07) is 2.84. The van der Waals surface area contributed by atoms with Gasteiger partial charge in [-0.1, -0.05) is 6.08 Å². The summed E-state index contributed by atoms with van der Waals surface area (Å²) in [4.78, 5) is 24.0. The average Bonchev–Trinajstić information content (AvgIpc) is 2.62. The van der Waals surface area contributed by atoms with Crippen LogP contribution in [-0.2, 0) is 11.2 Å². The Morgan fingerprint density at radius 2 is 1.93 bits per heavy atom. The van der Waals surface area contributed by atoms with E-state index in [1.807, 2.05) is 0 Å². The molecule has 27 heavy (non-hydrogen) atoms. The molecule has 2 aliphatic rings. The molecule has 0 fully saturated rings. The normalized spacial score (nSPS) is 19.4. The van der Waals surface area contributed by atoms with Crippen LogP contribution < -0.4 is 0 Å². The van der Waals surface area contributed by atoms with Gasteiger partial charge in [0.2, 0.25) is 0 Å². The van der Waals surface area contributed by atoms with E-state index in [4.69, 9.17) is 0 Å². The first-order chi connectivity index (χ1) is 12.8. The lowest BCUT2D eigenvalue weighted by atomic mass is 9.80. The number of carbonyl (C=O) groups excluding carboxylic acids is 1. The van der Waals surface area contributed by atoms with Gasteiger partial charge in [-0.3, -0.25) is 4.79 Å². The third-order valence-electron chi connectivity index (χ3n) is 4.94. The van der Waals surface area contributed by atoms with Gasteiger partial charge in [-0.15, -0.1) is 0 Å². The van der Waals surface area contributed by atoms with Crippen molar-refractivity contribution in [1.29, 1.82) is 0 Å². The number of aliphatic carboxylic acids is 1. The van der Waals surface area contributed by atoms with Crippen molar-refractivity contribution in [3.63, 3.8) is 0 Å². The number of aliphatic hydroxyl groups is 3. The molecule has 0 bridgehead atoms. The van der Waals surface area contributed by atoms with Crippen molar-refractivity contribution in [1.82, 2.24) is 0 Å². The van der Waals surface area contributed by atoms with Crippen LogP contribution in [0.15, 0.2) is 46.9 Å². The zero-order valence-corrected chi connectivity index (χ0v) is 14.5. The fourth-order valence-corrected chi connectivity index (χ4v) is 3.53. The van der Waals surface area contributed by atoms with Crippen molar-refractivity contribution in [2.45, 2.75) is 31.6 Å². The van der Waals surface area contributed by atoms with E-state index in [2.05, 4.69) is 0 Å². The van der Waals surface area contributed by atoms with Crippen LogP contribution in [-0.4, -0.2) is 43.9 Å². The molecule has 0 amide bonds. The van der Waals surface area contributed by atoms with Crippen molar-refractivity contribution in [3.8, 4) is 5.75 Å². The number of ketones is 1. The van der Waals surface area contributed by atoms with E-state index in [1.165, 1.54) is 24.3 Å². The maximum Gasteiger partial charge on any atom is 0.339 e. The number of hydrogen-bond donors (Lipinski definition) is 5. The Labute approximate surface area is 155 Å². The minimum Gasteiger partial charge on any atom is -0.508 e. The molecule has 2 aliphatic carbocycles. The van der Waals surface area contributed by atoms with Crippen molar-refractivity contribution >= 4 is 11.8 Å². The molecule has 3 rings (SSSR count). The number of phenols is 1. The van der Waals surface area contributed by atoms with Gasteiger partial charge in [-0.05, 0) is 54.2 Å². The summed E-state index contributed by atoms with van der Waals surface area (Å²) < 4.78 is 0. The standard InChI is InChI=1S/C20H20O7/c21-5-4-10-7-15(20(26)27)19(25)14-8-12(17(23)9-13(10)14)6-11-2-1-3-16(22)18(11)24/h3,7-10,21-24H,1-2,4-6H2,(H,26,27). The Kier molecular flexibility index (Phi) is 5.05. The van der Waals surface area contributed by atoms with E-state index in [9.17, 15) is 35.1 Å². The number of phenolic OH excluding ortho intramolecular Hbond substituents is 1. The van der Waals surface area contributed by atoms with Crippen LogP contribution in [0.3, 0.4) is 0 Å². The van der Waals surface area contributed by atoms with Crippen molar-refractivity contribution in [2.75, 3.05) is 6.61 Å². The fraction of sp³-hybridized carbons (Fsp3) is 0.300. The number of carbonyl (C=O) groups is 2. The van der Waals surface area contributed by atoms with E-state index >= 15 is 0 Å². The summed E-state index contributed by atoms with van der Waals surface area (Å²) in [7, 11) is 0. The lowest BCUT2D eigenvalue weighted by molar-refractivity contribution is -0.132. The molecule has 1 atom stereocenters. The molecular weight excluding hydrogens is 352 g/mol. The van der Waals surface area contributed by atoms with Gasteiger partial charge in [0.25, 0.3) is 0 Å². The number of aliphatic hydroxyl groups excluding tert-OH is 3. The second-order valence-electron chi connectivity index (χ2n) is 6.66. The monoisotopic (exact) mass is 372 g/mol. The lowest BCUT2D eigenvalue weighted by Gasteiger charge is -2.24. The SMILES string of the molecule is O=C(O)C1=CC(CCO)c2cc(O)c(CC3=C(O)C(O)=CCC3)cc2C1=O. The summed E-state index contributed by atoms with van der Waals surface area (Å²) in [6.07, 6.45) is 4.18. The first-order valence-corrected chi connectivity index (χ1v) is 8.60. The summed E-state index contributed by atoms with van der Waals surface area (Å²) in [5.41, 5.74) is 1.14. The number of fused-ring (bicyclic) bond motifs is 1. The van der Waals surface area contributed by atoms with Crippen LogP contribution in [0.5, 0.6) is 5.75 Å². The second-order valence-corrected chi connectivity index (χ2v) is 6.66. The van der Waals surface area contributed by atoms with E-state index in [-0.39, 0.29) is 47.9 Å². The minimum atomic E-state index is -1.34. The highest BCUT2D eigenvalue weighted by Crippen LogP contribution is 2.38. The highest BCUT2D eigenvalue weighted by molar-refractivity contribution is 6.25. The number of hydrogen-bond acceptors (Lipinski definition) is 6. The van der Waals surface area contributed by atoms with Gasteiger partial charge < -0.3 is 25.5 Å². The zero-order chi connectivity index (χ0) is 19.7. The first kappa shape index (κ1) is 18.7. The van der Waals surface area contributed by atoms with Gasteiger partial charge in [0.15, 0.2) is 17.3 Å². The second kappa shape index (κ2) is 7.28. The molecular formula is C20H20O7. The number of aromatic hydroxyl groups is 1. The van der Waals surface area contributed by atoms with Crippen LogP contribution in [0.1, 0.15) is 46.7 Å². The largest absolute Gasteiger partial charge is 0.508 e. The third kappa shape index (κ3) is 3.46. The Morgan fingerprint density at radius 1 is 1.19 bits per heavy atom. The average molecular weight is 372 g/mol. The number of benzene rings is 1. The molecule has 0 radical (unpaired) electrons. The lowest BCUT2D eigenvalue weighted by Crippen LogP contribution is -2.22. The van der Waals surface area contributed by atoms with Gasteiger partial charge in [0, 0.05) is 24.5 Å². The maximum atomic E-state index is 12.6. The predicted molar refractivity (Wildman–Crippen MR) is 95.9 cm³/mol. The molecule has 0 spiro atoms. The van der Waals surface area contributed by atoms with Crippen LogP contribution in [0, 0.1) is 0 Å². The minimum absolute atomic E-state index is 0.0917. The number of allylic oxidation sites excluding steroid dienone is 3. The van der Waals surface area contributed by atoms with Gasteiger partial charge in [-0.2, -0.15) is 0 Å². The Balaban J connectivity index is 2.05. The maximum absolute atomic E-state index is 12.6. The van der Waals surface area contributed by atoms with E-state index in [0.29, 0.717) is 29.5 Å². The molecule has 0 aromatic heterocycles. The van der Waals surface area contributed by atoms with Crippen molar-refractivity contribution in [2.24, 2.45) is 0 Å². The molecule has 0 saturated heterocycles. The molecule has 0 aliphatic heterocycles. The third-order valence-corrected chi connectivity index (χ3v) is 4.94. The summed E-state index contributed by atoms with van der Waals surface area (Å²) >= 11 is 0. The van der Waals surface area contributed by atoms with Crippen molar-refractivity contribution in [3.05, 3.63) is 63.6 Å². The fourth-order valence-electron chi connectivity index (χ4n) is 3.53. The number of Topliss-reactive ketones (excluding diaryl/α,β-unsaturated/α-hetero) is 1. The van der Waals surface area contributed by atoms with Crippen LogP contribution >= 0.6 is 0 Å². The summed E-state index contributed by atoms with van der Waals surface area (Å²) in [5, 5.41) is 48.6. The van der Waals surface area contributed by atoms with Crippen LogP contribution in [0.25, 0.3) is 0 Å². The van der Waals surface area contributed by atoms with Crippen LogP contribution in [0.2, 0.25) is 0 Å². The number of carboxylic acid groups (broad SMARTS) is 1. The molecule has 1 aromatic carbocycles. The molecule has 1 aromatic rings. The molecule has 1 unspecified atom stereocenters. The Hall–Kier alpha value is -3.06. The molecule has 5 N–H and O–H groups in total. The molecule has 7 heteroatoms. The van der Waals surface area contributed by atoms with Gasteiger partial charge in [0.05, 0.1) is 0 Å². The molecule has 0 saturated carbocycles. The number of carboxylic acids is 1. The van der Waals surface area contributed by atoms with Gasteiger partial charge in [-0.25, -0.2) is 4.79 Å². The van der Waals surface area contributed by atoms with Gasteiger partial charge >= 0.3 is 5.97 Å². The summed E-state index contributed by atoms with van der Waals surface area (Å²) in [5.74, 6) is -3.05. The molecule has 0 heterocycles. The smallest absolute Gasteiger partial charge is 0.339 e. The Morgan fingerprint density at radius 3 is 2.59 bits per heavy atom. The summed E-state index contributed by atoms with van der Waals surface area (Å²) in [6.45, 7) is -0.198.